The second-order valence-electron chi connectivity index (χ2n) is 5.64. The van der Waals surface area contributed by atoms with Crippen molar-refractivity contribution >= 4 is 44.2 Å². The van der Waals surface area contributed by atoms with Gasteiger partial charge in [0.25, 0.3) is 5.91 Å². The van der Waals surface area contributed by atoms with Crippen molar-refractivity contribution in [2.45, 2.75) is 20.8 Å². The van der Waals surface area contributed by atoms with E-state index in [1.54, 1.807) is 6.07 Å². The van der Waals surface area contributed by atoms with Gasteiger partial charge in [0, 0.05) is 18.2 Å². The van der Waals surface area contributed by atoms with Crippen LogP contribution < -0.4 is 10.6 Å². The smallest absolute Gasteiger partial charge is 0.255 e. The number of aromatic nitrogens is 1. The fourth-order valence-electron chi connectivity index (χ4n) is 2.29. The molecule has 2 aromatic carbocycles. The van der Waals surface area contributed by atoms with Crippen LogP contribution in [0.1, 0.15) is 28.4 Å². The van der Waals surface area contributed by atoms with E-state index in [-0.39, 0.29) is 11.8 Å². The van der Waals surface area contributed by atoms with E-state index in [1.807, 2.05) is 44.2 Å². The van der Waals surface area contributed by atoms with Gasteiger partial charge >= 0.3 is 0 Å². The number of fused-ring (bicyclic) bond motifs is 1. The lowest BCUT2D eigenvalue weighted by Crippen LogP contribution is -2.12. The Kier molecular flexibility index (Phi) is 4.31. The first-order valence-corrected chi connectivity index (χ1v) is 8.31. The van der Waals surface area contributed by atoms with Gasteiger partial charge in [0.15, 0.2) is 5.13 Å². The molecule has 1 heterocycles. The number of amides is 2. The van der Waals surface area contributed by atoms with Crippen molar-refractivity contribution < 1.29 is 9.59 Å². The summed E-state index contributed by atoms with van der Waals surface area (Å²) < 4.78 is 0.900. The molecule has 0 aliphatic heterocycles. The fraction of sp³-hybridized carbons (Fsp3) is 0.167. The molecule has 0 saturated heterocycles. The molecular weight excluding hydrogens is 322 g/mol. The molecule has 1 aromatic heterocycles. The minimum absolute atomic E-state index is 0.149. The molecule has 3 aromatic rings. The minimum atomic E-state index is -0.155. The zero-order chi connectivity index (χ0) is 17.3. The lowest BCUT2D eigenvalue weighted by molar-refractivity contribution is -0.114. The number of nitrogens with one attached hydrogen (secondary N) is 2. The lowest BCUT2D eigenvalue weighted by atomic mass is 10.1. The zero-order valence-electron chi connectivity index (χ0n) is 13.6. The highest BCUT2D eigenvalue weighted by Gasteiger charge is 2.10. The molecule has 2 N–H and O–H groups in total. The summed E-state index contributed by atoms with van der Waals surface area (Å²) in [7, 11) is 0. The molecule has 0 radical (unpaired) electrons. The van der Waals surface area contributed by atoms with Crippen LogP contribution in [-0.2, 0) is 4.79 Å². The number of hydrogen-bond donors (Lipinski definition) is 2. The topological polar surface area (TPSA) is 71.1 Å². The number of nitrogens with zero attached hydrogens (tertiary/aromatic N) is 1. The molecule has 6 heteroatoms. The number of aryl methyl sites for hydroxylation is 2. The number of thiazole rings is 1. The number of carbonyl (C=O) groups is 2. The van der Waals surface area contributed by atoms with Crippen molar-refractivity contribution in [2.24, 2.45) is 0 Å². The van der Waals surface area contributed by atoms with Crippen LogP contribution in [0.25, 0.3) is 10.2 Å². The molecule has 5 nitrogen and oxygen atoms in total. The van der Waals surface area contributed by atoms with Crippen LogP contribution in [0.2, 0.25) is 0 Å². The van der Waals surface area contributed by atoms with Crippen LogP contribution >= 0.6 is 11.3 Å². The van der Waals surface area contributed by atoms with E-state index < -0.39 is 0 Å². The summed E-state index contributed by atoms with van der Waals surface area (Å²) in [5.74, 6) is -0.304. The Balaban J connectivity index is 1.82. The minimum Gasteiger partial charge on any atom is -0.322 e. The van der Waals surface area contributed by atoms with E-state index >= 15 is 0 Å². The van der Waals surface area contributed by atoms with Crippen molar-refractivity contribution in [3.05, 3.63) is 53.1 Å². The first-order valence-electron chi connectivity index (χ1n) is 7.49. The van der Waals surface area contributed by atoms with E-state index in [9.17, 15) is 9.59 Å². The molecule has 0 saturated carbocycles. The molecule has 0 atom stereocenters. The largest absolute Gasteiger partial charge is 0.322 e. The third kappa shape index (κ3) is 3.44. The number of anilines is 2. The summed E-state index contributed by atoms with van der Waals surface area (Å²) in [6, 6.07) is 11.1. The van der Waals surface area contributed by atoms with Crippen LogP contribution in [-0.4, -0.2) is 16.8 Å². The second-order valence-corrected chi connectivity index (χ2v) is 6.67. The van der Waals surface area contributed by atoms with Gasteiger partial charge in [-0.1, -0.05) is 17.4 Å². The van der Waals surface area contributed by atoms with E-state index in [4.69, 9.17) is 0 Å². The van der Waals surface area contributed by atoms with E-state index in [0.717, 1.165) is 21.3 Å². The zero-order valence-corrected chi connectivity index (χ0v) is 14.5. The Hall–Kier alpha value is -2.73. The Bertz CT molecular complexity index is 947. The molecule has 122 valence electrons. The predicted octanol–water partition coefficient (Wildman–Crippen LogP) is 4.12. The number of rotatable bonds is 3. The van der Waals surface area contributed by atoms with Gasteiger partial charge in [0.2, 0.25) is 5.91 Å². The summed E-state index contributed by atoms with van der Waals surface area (Å²) in [4.78, 5) is 27.8. The van der Waals surface area contributed by atoms with E-state index in [0.29, 0.717) is 16.4 Å². The average Bonchev–Trinajstić information content (AvgIpc) is 2.90. The Morgan fingerprint density at radius 3 is 2.50 bits per heavy atom. The molecule has 3 rings (SSSR count). The van der Waals surface area contributed by atoms with Crippen LogP contribution in [0.5, 0.6) is 0 Å². The normalized spacial score (nSPS) is 10.6. The molecule has 0 aliphatic rings. The maximum absolute atomic E-state index is 12.4. The lowest BCUT2D eigenvalue weighted by Gasteiger charge is -2.07. The van der Waals surface area contributed by atoms with Gasteiger partial charge in [-0.15, -0.1) is 0 Å². The quantitative estimate of drug-likeness (QED) is 0.754. The molecule has 0 aliphatic carbocycles. The number of benzene rings is 2. The van der Waals surface area contributed by atoms with E-state index in [1.165, 1.54) is 18.3 Å². The van der Waals surface area contributed by atoms with E-state index in [2.05, 4.69) is 15.6 Å². The molecule has 24 heavy (non-hydrogen) atoms. The molecule has 2 amide bonds. The molecular formula is C18H17N3O2S. The van der Waals surface area contributed by atoms with Gasteiger partial charge in [0.1, 0.15) is 0 Å². The van der Waals surface area contributed by atoms with Gasteiger partial charge in [-0.2, -0.15) is 0 Å². The standard InChI is InChI=1S/C18H17N3O2S/c1-10-4-5-13(8-11(10)2)17(23)20-14-6-7-15-16(9-14)24-18(21-15)19-12(3)22/h4-9H,1-3H3,(H,20,23)(H,19,21,22). The van der Waals surface area contributed by atoms with Crippen LogP contribution in [0, 0.1) is 13.8 Å². The molecule has 0 bridgehead atoms. The summed E-state index contributed by atoms with van der Waals surface area (Å²) in [6.07, 6.45) is 0. The highest BCUT2D eigenvalue weighted by molar-refractivity contribution is 7.22. The van der Waals surface area contributed by atoms with Crippen molar-refractivity contribution in [1.82, 2.24) is 4.98 Å². The molecule has 0 unspecified atom stereocenters. The van der Waals surface area contributed by atoms with Gasteiger partial charge in [-0.05, 0) is 55.3 Å². The predicted molar refractivity (Wildman–Crippen MR) is 97.8 cm³/mol. The Morgan fingerprint density at radius 2 is 1.79 bits per heavy atom. The highest BCUT2D eigenvalue weighted by Crippen LogP contribution is 2.28. The first-order chi connectivity index (χ1) is 11.4. The highest BCUT2D eigenvalue weighted by atomic mass is 32.1. The molecule has 0 fully saturated rings. The number of hydrogen-bond acceptors (Lipinski definition) is 4. The Morgan fingerprint density at radius 1 is 1.00 bits per heavy atom. The van der Waals surface area contributed by atoms with Crippen molar-refractivity contribution in [2.75, 3.05) is 10.6 Å². The van der Waals surface area contributed by atoms with Crippen molar-refractivity contribution in [3.63, 3.8) is 0 Å². The van der Waals surface area contributed by atoms with Crippen molar-refractivity contribution in [3.8, 4) is 0 Å². The van der Waals surface area contributed by atoms with Crippen LogP contribution in [0.4, 0.5) is 10.8 Å². The van der Waals surface area contributed by atoms with Gasteiger partial charge in [-0.25, -0.2) is 4.98 Å². The third-order valence-electron chi connectivity index (χ3n) is 3.70. The summed E-state index contributed by atoms with van der Waals surface area (Å²) in [5, 5.41) is 6.12. The van der Waals surface area contributed by atoms with Crippen LogP contribution in [0.3, 0.4) is 0 Å². The maximum Gasteiger partial charge on any atom is 0.255 e. The first kappa shape index (κ1) is 16.1. The monoisotopic (exact) mass is 339 g/mol. The maximum atomic E-state index is 12.4. The Labute approximate surface area is 143 Å². The SMILES string of the molecule is CC(=O)Nc1nc2ccc(NC(=O)c3ccc(C)c(C)c3)cc2s1. The van der Waals surface area contributed by atoms with Gasteiger partial charge in [-0.3, -0.25) is 9.59 Å². The van der Waals surface area contributed by atoms with Crippen LogP contribution in [0.15, 0.2) is 36.4 Å². The van der Waals surface area contributed by atoms with Gasteiger partial charge in [0.05, 0.1) is 10.2 Å². The third-order valence-corrected chi connectivity index (χ3v) is 4.63. The van der Waals surface area contributed by atoms with Gasteiger partial charge < -0.3 is 10.6 Å². The fourth-order valence-corrected chi connectivity index (χ4v) is 3.24. The summed E-state index contributed by atoms with van der Waals surface area (Å²) >= 11 is 1.37. The number of carbonyl (C=O) groups excluding carboxylic acids is 2. The average molecular weight is 339 g/mol. The summed E-state index contributed by atoms with van der Waals surface area (Å²) in [5.41, 5.74) is 4.35. The molecule has 0 spiro atoms. The van der Waals surface area contributed by atoms with Crippen molar-refractivity contribution in [1.29, 1.82) is 0 Å². The second kappa shape index (κ2) is 6.41. The summed E-state index contributed by atoms with van der Waals surface area (Å²) in [6.45, 7) is 5.45.